The van der Waals surface area contributed by atoms with E-state index in [9.17, 15) is 9.90 Å². The van der Waals surface area contributed by atoms with Gasteiger partial charge in [0.2, 0.25) is 16.8 Å². The summed E-state index contributed by atoms with van der Waals surface area (Å²) >= 11 is 0. The van der Waals surface area contributed by atoms with Crippen molar-refractivity contribution in [2.75, 3.05) is 16.0 Å². The summed E-state index contributed by atoms with van der Waals surface area (Å²) in [5, 5.41) is 29.7. The van der Waals surface area contributed by atoms with E-state index in [1.807, 2.05) is 12.1 Å². The van der Waals surface area contributed by atoms with E-state index in [2.05, 4.69) is 97.2 Å². The van der Waals surface area contributed by atoms with E-state index >= 15 is 0 Å². The molecule has 0 aromatic heterocycles. The van der Waals surface area contributed by atoms with Gasteiger partial charge < -0.3 is 21.1 Å². The van der Waals surface area contributed by atoms with E-state index < -0.39 is 0 Å². The lowest BCUT2D eigenvalue weighted by molar-refractivity contribution is -0.591. The van der Waals surface area contributed by atoms with Gasteiger partial charge in [-0.3, -0.25) is 4.79 Å². The Morgan fingerprint density at radius 3 is 1.98 bits per heavy atom. The molecule has 2 spiro atoms. The van der Waals surface area contributed by atoms with Gasteiger partial charge in [0.05, 0.1) is 33.1 Å². The molecule has 4 aromatic carbocycles. The lowest BCUT2D eigenvalue weighted by atomic mass is 9.74. The van der Waals surface area contributed by atoms with Crippen molar-refractivity contribution in [1.29, 1.82) is 0 Å². The average Bonchev–Trinajstić information content (AvgIpc) is 2.98. The van der Waals surface area contributed by atoms with Gasteiger partial charge >= 0.3 is 0 Å². The summed E-state index contributed by atoms with van der Waals surface area (Å²) in [4.78, 5) is 18.3. The van der Waals surface area contributed by atoms with Gasteiger partial charge in [-0.05, 0) is 78.3 Å². The Balaban J connectivity index is 1.25. The lowest BCUT2D eigenvalue weighted by Gasteiger charge is -2.48. The Kier molecular flexibility index (Phi) is 5.83. The van der Waals surface area contributed by atoms with Crippen molar-refractivity contribution < 1.29 is 14.9 Å². The zero-order valence-electron chi connectivity index (χ0n) is 27.2. The van der Waals surface area contributed by atoms with E-state index in [1.165, 1.54) is 12.8 Å². The van der Waals surface area contributed by atoms with Crippen molar-refractivity contribution in [1.82, 2.24) is 0 Å². The van der Waals surface area contributed by atoms with Gasteiger partial charge in [-0.2, -0.15) is 0 Å². The monoisotopic (exact) mass is 611 g/mol. The van der Waals surface area contributed by atoms with Gasteiger partial charge in [0.1, 0.15) is 11.4 Å². The quantitative estimate of drug-likeness (QED) is 0.183. The third-order valence-electron chi connectivity index (χ3n) is 11.4. The first-order chi connectivity index (χ1) is 22.1. The van der Waals surface area contributed by atoms with Crippen molar-refractivity contribution in [2.45, 2.75) is 77.5 Å². The van der Waals surface area contributed by atoms with Crippen LogP contribution in [0.25, 0.3) is 32.7 Å². The third kappa shape index (κ3) is 4.01. The molecule has 6 nitrogen and oxygen atoms in total. The van der Waals surface area contributed by atoms with E-state index in [-0.39, 0.29) is 22.9 Å². The molecule has 4 aromatic rings. The molecular weight excluding hydrogens is 568 g/mol. The molecule has 0 bridgehead atoms. The number of aliphatic hydroxyl groups excluding tert-OH is 1. The smallest absolute Gasteiger partial charge is 0.235 e. The number of hydrogen-bond acceptors (Lipinski definition) is 5. The van der Waals surface area contributed by atoms with E-state index in [1.54, 1.807) is 0 Å². The molecule has 0 saturated heterocycles. The van der Waals surface area contributed by atoms with Gasteiger partial charge in [-0.25, -0.2) is 4.99 Å². The maximum Gasteiger partial charge on any atom is 0.235 e. The summed E-state index contributed by atoms with van der Waals surface area (Å²) in [7, 11) is 0. The second kappa shape index (κ2) is 9.60. The van der Waals surface area contributed by atoms with Crippen LogP contribution in [0.3, 0.4) is 0 Å². The van der Waals surface area contributed by atoms with Crippen LogP contribution >= 0.6 is 0 Å². The fourth-order valence-corrected chi connectivity index (χ4v) is 10.3. The second-order valence-electron chi connectivity index (χ2n) is 15.6. The number of rotatable bonds is 1. The Morgan fingerprint density at radius 2 is 1.30 bits per heavy atom. The fraction of sp³-hybridized carbons (Fsp3) is 0.400. The number of carbonyl (C=O) groups is 1. The molecule has 234 valence electrons. The number of nitrogens with one attached hydrogen (secondary N) is 4. The number of hydrogen-bond donors (Lipinski definition) is 5. The molecule has 2 saturated carbocycles. The highest BCUT2D eigenvalue weighted by Gasteiger charge is 2.46. The molecule has 2 fully saturated rings. The molecule has 4 atom stereocenters. The maximum atomic E-state index is 14.4. The first-order valence-electron chi connectivity index (χ1n) is 17.2. The van der Waals surface area contributed by atoms with Crippen LogP contribution in [0.4, 0.5) is 17.1 Å². The lowest BCUT2D eigenvalue weighted by Crippen LogP contribution is -2.96. The van der Waals surface area contributed by atoms with Crippen molar-refractivity contribution in [3.8, 4) is 0 Å². The van der Waals surface area contributed by atoms with Crippen molar-refractivity contribution in [3.05, 3.63) is 82.6 Å². The number of ketones is 1. The molecule has 0 radical (unpaired) electrons. The number of anilines is 3. The number of benzene rings is 4. The molecule has 3 aliphatic carbocycles. The molecular formula is C40H43N4O2+. The van der Waals surface area contributed by atoms with E-state index in [4.69, 9.17) is 0 Å². The molecule has 5 aliphatic rings. The summed E-state index contributed by atoms with van der Waals surface area (Å²) in [6.07, 6.45) is 6.42. The largest absolute Gasteiger partial charge is 0.506 e. The molecule has 4 unspecified atom stereocenters. The van der Waals surface area contributed by atoms with Gasteiger partial charge in [0.15, 0.2) is 0 Å². The van der Waals surface area contributed by atoms with Gasteiger partial charge in [-0.1, -0.05) is 70.2 Å². The summed E-state index contributed by atoms with van der Waals surface area (Å²) in [6.45, 7) is 9.32. The summed E-state index contributed by atoms with van der Waals surface area (Å²) in [6, 6.07) is 20.9. The highest BCUT2D eigenvalue weighted by atomic mass is 16.3. The second-order valence-corrected chi connectivity index (χ2v) is 15.6. The van der Waals surface area contributed by atoms with Crippen molar-refractivity contribution in [3.63, 3.8) is 0 Å². The Morgan fingerprint density at radius 1 is 0.696 bits per heavy atom. The predicted octanol–water partition coefficient (Wildman–Crippen LogP) is 5.96. The van der Waals surface area contributed by atoms with E-state index in [0.29, 0.717) is 34.8 Å². The fourth-order valence-electron chi connectivity index (χ4n) is 10.3. The summed E-state index contributed by atoms with van der Waals surface area (Å²) < 4.78 is 0. The minimum absolute atomic E-state index is 0.0886. The highest BCUT2D eigenvalue weighted by Crippen LogP contribution is 2.50. The number of carbonyl (C=O) groups excluding carboxylic acids is 1. The zero-order chi connectivity index (χ0) is 31.5. The first kappa shape index (κ1) is 27.9. The van der Waals surface area contributed by atoms with Crippen LogP contribution in [-0.4, -0.2) is 22.2 Å². The Bertz CT molecular complexity index is 2140. The van der Waals surface area contributed by atoms with Crippen LogP contribution in [0.2, 0.25) is 0 Å². The number of allylic oxidation sites excluding steroid dienone is 2. The SMILES string of the molecule is CC1CC(C)CC2(C1)Nc1cccc3ccc(C4=C(O)/C(=c5\ccc6cccc7c6c5=[NH+]C5(CC(C)CC(C)C5)N7)C4=O)c(c13)N2. The molecule has 46 heavy (non-hydrogen) atoms. The minimum Gasteiger partial charge on any atom is -0.506 e. The van der Waals surface area contributed by atoms with Crippen LogP contribution in [0.15, 0.2) is 66.4 Å². The Labute approximate surface area is 269 Å². The zero-order valence-corrected chi connectivity index (χ0v) is 27.2. The number of Topliss-reactive ketones (excluding diaryl/α,β-unsaturated/α-hetero) is 1. The Hall–Kier alpha value is -4.32. The average molecular weight is 612 g/mol. The van der Waals surface area contributed by atoms with Crippen LogP contribution in [0.5, 0.6) is 0 Å². The molecule has 9 rings (SSSR count). The van der Waals surface area contributed by atoms with Crippen LogP contribution in [0, 0.1) is 23.7 Å². The molecule has 6 heteroatoms. The molecule has 2 heterocycles. The highest BCUT2D eigenvalue weighted by molar-refractivity contribution is 6.52. The van der Waals surface area contributed by atoms with Gasteiger partial charge in [0.25, 0.3) is 0 Å². The van der Waals surface area contributed by atoms with Crippen LogP contribution in [-0.2, 0) is 4.79 Å². The third-order valence-corrected chi connectivity index (χ3v) is 11.4. The standard InChI is InChI=1S/C40H42N4O2/c1-21-15-22(2)18-39(17-21)41-29-9-5-7-25-11-13-27(35(43-39)31(25)29)33-37(45)34(38(33)46)28-14-12-26-8-6-10-30-32(26)36(28)44-40(42-30)19-23(3)16-24(4)20-40/h5-14,21-24,41-43,45H,15-20H2,1-4H3/p+1/b34-28-. The minimum atomic E-state index is -0.289. The molecule has 5 N–H and O–H groups in total. The topological polar surface area (TPSA) is 87.4 Å². The number of aliphatic hydroxyl groups is 1. The van der Waals surface area contributed by atoms with Crippen LogP contribution in [0.1, 0.15) is 71.8 Å². The maximum absolute atomic E-state index is 14.4. The van der Waals surface area contributed by atoms with Gasteiger partial charge in [0, 0.05) is 29.5 Å². The molecule has 2 aliphatic heterocycles. The van der Waals surface area contributed by atoms with E-state index in [0.717, 1.165) is 80.4 Å². The summed E-state index contributed by atoms with van der Waals surface area (Å²) in [5.74, 6) is 2.29. The molecule has 0 amide bonds. The first-order valence-corrected chi connectivity index (χ1v) is 17.2. The van der Waals surface area contributed by atoms with Crippen molar-refractivity contribution in [2.24, 2.45) is 23.7 Å². The van der Waals surface area contributed by atoms with Gasteiger partial charge in [-0.15, -0.1) is 0 Å². The normalized spacial score (nSPS) is 32.6. The van der Waals surface area contributed by atoms with Crippen LogP contribution < -0.4 is 31.5 Å². The van der Waals surface area contributed by atoms with Crippen molar-refractivity contribution >= 4 is 55.5 Å². The predicted molar refractivity (Wildman–Crippen MR) is 186 cm³/mol. The summed E-state index contributed by atoms with van der Waals surface area (Å²) in [5.41, 5.74) is 4.17.